The van der Waals surface area contributed by atoms with Crippen LogP contribution in [0.1, 0.15) is 33.7 Å². The first-order valence-electron chi connectivity index (χ1n) is 14.5. The number of amides is 3. The first-order chi connectivity index (χ1) is 22.9. The molecule has 1 heterocycles. The fourth-order valence-corrected chi connectivity index (χ4v) is 6.58. The lowest BCUT2D eigenvalue weighted by molar-refractivity contribution is -0.116. The molecule has 0 aliphatic heterocycles. The number of benzene rings is 4. The molecule has 3 amide bonds. The lowest BCUT2D eigenvalue weighted by Crippen LogP contribution is -2.30. The van der Waals surface area contributed by atoms with Crippen molar-refractivity contribution >= 4 is 69.7 Å². The monoisotopic (exact) mass is 681 g/mol. The maximum atomic E-state index is 13.5. The van der Waals surface area contributed by atoms with E-state index >= 15 is 0 Å². The van der Waals surface area contributed by atoms with Gasteiger partial charge in [-0.25, -0.2) is 0 Å². The van der Waals surface area contributed by atoms with E-state index in [-0.39, 0.29) is 11.6 Å². The number of carbonyl (C=O) groups is 3. The van der Waals surface area contributed by atoms with Crippen LogP contribution in [0, 0.1) is 0 Å². The maximum absolute atomic E-state index is 13.5. The van der Waals surface area contributed by atoms with Gasteiger partial charge in [-0.2, -0.15) is 9.36 Å². The molecule has 5 aromatic rings. The summed E-state index contributed by atoms with van der Waals surface area (Å²) in [6.45, 7) is 2.02. The molecule has 0 fully saturated rings. The van der Waals surface area contributed by atoms with Crippen LogP contribution in [0.2, 0.25) is 0 Å². The first-order valence-corrected chi connectivity index (χ1v) is 17.2. The van der Waals surface area contributed by atoms with Gasteiger partial charge in [0.25, 0.3) is 11.8 Å². The van der Waals surface area contributed by atoms with Crippen LogP contribution >= 0.6 is 35.1 Å². The van der Waals surface area contributed by atoms with E-state index in [2.05, 4.69) is 25.3 Å². The predicted octanol–water partition coefficient (Wildman–Crippen LogP) is 7.54. The van der Waals surface area contributed by atoms with E-state index in [1.807, 2.05) is 55.5 Å². The van der Waals surface area contributed by atoms with E-state index in [1.165, 1.54) is 23.5 Å². The average Bonchev–Trinajstić information content (AvgIpc) is 3.55. The Morgan fingerprint density at radius 2 is 1.55 bits per heavy atom. The quantitative estimate of drug-likeness (QED) is 0.0861. The highest BCUT2D eigenvalue weighted by Crippen LogP contribution is 2.37. The van der Waals surface area contributed by atoms with Gasteiger partial charge in [0.1, 0.15) is 16.7 Å². The number of nitrogens with one attached hydrogen (secondary N) is 3. The summed E-state index contributed by atoms with van der Waals surface area (Å²) in [7, 11) is 1.58. The predicted molar refractivity (Wildman–Crippen MR) is 190 cm³/mol. The van der Waals surface area contributed by atoms with Crippen LogP contribution < -0.4 is 20.7 Å². The molecule has 47 heavy (non-hydrogen) atoms. The smallest absolute Gasteiger partial charge is 0.272 e. The molecule has 0 aliphatic rings. The van der Waals surface area contributed by atoms with Crippen molar-refractivity contribution in [3.63, 3.8) is 0 Å². The van der Waals surface area contributed by atoms with E-state index in [9.17, 15) is 14.4 Å². The van der Waals surface area contributed by atoms with Crippen LogP contribution in [0.4, 0.5) is 10.8 Å². The normalized spacial score (nSPS) is 11.7. The maximum Gasteiger partial charge on any atom is 0.272 e. The van der Waals surface area contributed by atoms with E-state index in [1.54, 1.807) is 73.8 Å². The number of rotatable bonds is 13. The van der Waals surface area contributed by atoms with Crippen molar-refractivity contribution < 1.29 is 19.1 Å². The summed E-state index contributed by atoms with van der Waals surface area (Å²) in [6, 6.07) is 32.5. The van der Waals surface area contributed by atoms with Crippen LogP contribution in [-0.2, 0) is 9.59 Å². The van der Waals surface area contributed by atoms with Crippen LogP contribution in [0.3, 0.4) is 0 Å². The van der Waals surface area contributed by atoms with Crippen molar-refractivity contribution in [1.82, 2.24) is 14.7 Å². The Bertz CT molecular complexity index is 1830. The zero-order chi connectivity index (χ0) is 33.0. The zero-order valence-corrected chi connectivity index (χ0v) is 28.0. The molecule has 0 bridgehead atoms. The SMILES string of the molecule is CCSc1nsc(NC(=O)C(Sc2ccc(NC(=O)/C(=C/c3ccc(OC)cc3)NC(=O)c3ccccc3)cc2)c2ccccc2)n1. The van der Waals surface area contributed by atoms with Gasteiger partial charge in [0.15, 0.2) is 0 Å². The summed E-state index contributed by atoms with van der Waals surface area (Å²) in [5.41, 5.74) is 2.55. The molecule has 1 aromatic heterocycles. The molecule has 0 spiro atoms. The summed E-state index contributed by atoms with van der Waals surface area (Å²) < 4.78 is 9.52. The number of anilines is 2. The lowest BCUT2D eigenvalue weighted by Gasteiger charge is -2.16. The molecule has 5 rings (SSSR count). The summed E-state index contributed by atoms with van der Waals surface area (Å²) in [5, 5.41) is 9.05. The molecular weight excluding hydrogens is 651 g/mol. The number of carbonyl (C=O) groups excluding carboxylic acids is 3. The summed E-state index contributed by atoms with van der Waals surface area (Å²) in [4.78, 5) is 45.1. The van der Waals surface area contributed by atoms with E-state index in [0.717, 1.165) is 27.7 Å². The number of hydrogen-bond donors (Lipinski definition) is 3. The van der Waals surface area contributed by atoms with Crippen molar-refractivity contribution in [1.29, 1.82) is 0 Å². The van der Waals surface area contributed by atoms with Crippen molar-refractivity contribution in [2.24, 2.45) is 0 Å². The molecule has 0 saturated heterocycles. The van der Waals surface area contributed by atoms with Gasteiger partial charge in [0, 0.05) is 27.7 Å². The van der Waals surface area contributed by atoms with E-state index in [0.29, 0.717) is 32.9 Å². The Hall–Kier alpha value is -4.91. The Labute approximate surface area is 285 Å². The van der Waals surface area contributed by atoms with Crippen molar-refractivity contribution in [3.8, 4) is 5.75 Å². The fourth-order valence-electron chi connectivity index (χ4n) is 4.28. The van der Waals surface area contributed by atoms with Gasteiger partial charge in [0.05, 0.1) is 7.11 Å². The number of methoxy groups -OCH3 is 1. The van der Waals surface area contributed by atoms with Gasteiger partial charge in [-0.15, -0.1) is 11.8 Å². The van der Waals surface area contributed by atoms with Gasteiger partial charge < -0.3 is 15.4 Å². The molecule has 0 saturated carbocycles. The van der Waals surface area contributed by atoms with Crippen molar-refractivity contribution in [2.75, 3.05) is 23.5 Å². The Balaban J connectivity index is 1.31. The van der Waals surface area contributed by atoms with Crippen molar-refractivity contribution in [2.45, 2.75) is 22.2 Å². The Morgan fingerprint density at radius 3 is 2.21 bits per heavy atom. The van der Waals surface area contributed by atoms with Gasteiger partial charge in [-0.05, 0) is 71.5 Å². The van der Waals surface area contributed by atoms with Crippen LogP contribution in [-0.4, -0.2) is 39.9 Å². The third-order valence-electron chi connectivity index (χ3n) is 6.57. The van der Waals surface area contributed by atoms with Crippen LogP contribution in [0.15, 0.2) is 125 Å². The van der Waals surface area contributed by atoms with E-state index < -0.39 is 17.1 Å². The summed E-state index contributed by atoms with van der Waals surface area (Å²) >= 11 is 4.04. The largest absolute Gasteiger partial charge is 0.497 e. The topological polar surface area (TPSA) is 122 Å². The lowest BCUT2D eigenvalue weighted by atomic mass is 10.1. The van der Waals surface area contributed by atoms with Gasteiger partial charge >= 0.3 is 0 Å². The van der Waals surface area contributed by atoms with E-state index in [4.69, 9.17) is 4.74 Å². The molecule has 12 heteroatoms. The number of nitrogens with zero attached hydrogens (tertiary/aromatic N) is 2. The van der Waals surface area contributed by atoms with Gasteiger partial charge in [-0.1, -0.05) is 79.3 Å². The average molecular weight is 682 g/mol. The summed E-state index contributed by atoms with van der Waals surface area (Å²) in [5.74, 6) is 0.388. The minimum absolute atomic E-state index is 0.0699. The fraction of sp³-hybridized carbons (Fsp3) is 0.114. The molecule has 1 unspecified atom stereocenters. The minimum atomic E-state index is -0.560. The number of hydrogen-bond acceptors (Lipinski definition) is 9. The standard InChI is InChI=1S/C35H31N5O4S3/c1-3-45-35-39-34(47-40-35)38-33(43)30(24-10-6-4-7-11-24)46-28-20-16-26(17-21-28)36-32(42)29(22-23-14-18-27(44-2)19-15-23)37-31(41)25-12-8-5-9-13-25/h4-22,30H,3H2,1-2H3,(H,36,42)(H,37,41)(H,38,39,40,43)/b29-22-. The number of ether oxygens (including phenoxy) is 1. The highest BCUT2D eigenvalue weighted by atomic mass is 32.2. The third kappa shape index (κ3) is 9.55. The second-order valence-corrected chi connectivity index (χ2v) is 13.0. The number of thioether (sulfide) groups is 2. The second kappa shape index (κ2) is 16.6. The molecule has 0 aliphatic carbocycles. The molecule has 3 N–H and O–H groups in total. The highest BCUT2D eigenvalue weighted by molar-refractivity contribution is 8.00. The van der Waals surface area contributed by atoms with Crippen molar-refractivity contribution in [3.05, 3.63) is 132 Å². The molecule has 238 valence electrons. The molecule has 0 radical (unpaired) electrons. The zero-order valence-electron chi connectivity index (χ0n) is 25.5. The molecule has 4 aromatic carbocycles. The highest BCUT2D eigenvalue weighted by Gasteiger charge is 2.24. The Morgan fingerprint density at radius 1 is 0.872 bits per heavy atom. The van der Waals surface area contributed by atoms with Crippen LogP contribution in [0.5, 0.6) is 5.75 Å². The van der Waals surface area contributed by atoms with Crippen LogP contribution in [0.25, 0.3) is 6.08 Å². The van der Waals surface area contributed by atoms with Gasteiger partial charge in [-0.3, -0.25) is 19.7 Å². The second-order valence-electron chi connectivity index (χ2n) is 9.84. The summed E-state index contributed by atoms with van der Waals surface area (Å²) in [6.07, 6.45) is 1.60. The minimum Gasteiger partial charge on any atom is -0.497 e. The third-order valence-corrected chi connectivity index (χ3v) is 9.31. The number of aromatic nitrogens is 2. The Kier molecular flexibility index (Phi) is 11.8. The molecule has 1 atom stereocenters. The molecule has 9 nitrogen and oxygen atoms in total. The first kappa shape index (κ1) is 33.5. The van der Waals surface area contributed by atoms with Gasteiger partial charge in [0.2, 0.25) is 16.2 Å². The molecular formula is C35H31N5O4S3.